The highest BCUT2D eigenvalue weighted by Crippen LogP contribution is 2.74. The maximum atomic E-state index is 17.3. The molecular weight excluding hydrogens is 663 g/mol. The Hall–Kier alpha value is -4.35. The molecule has 0 spiro atoms. The first kappa shape index (κ1) is 37.4. The lowest BCUT2D eigenvalue weighted by Crippen LogP contribution is -2.61. The summed E-state index contributed by atoms with van der Waals surface area (Å²) >= 11 is 0. The summed E-state index contributed by atoms with van der Waals surface area (Å²) in [6, 6.07) is 25.9. The zero-order chi connectivity index (χ0) is 37.4. The van der Waals surface area contributed by atoms with Crippen molar-refractivity contribution in [2.75, 3.05) is 45.3 Å². The van der Waals surface area contributed by atoms with E-state index >= 15 is 14.2 Å². The second kappa shape index (κ2) is 14.6. The molecule has 1 fully saturated rings. The predicted molar refractivity (Wildman–Crippen MR) is 214 cm³/mol. The van der Waals surface area contributed by atoms with Gasteiger partial charge in [-0.3, -0.25) is 14.5 Å². The summed E-state index contributed by atoms with van der Waals surface area (Å²) in [6.07, 6.45) is 8.21. The van der Waals surface area contributed by atoms with Crippen molar-refractivity contribution >= 4 is 23.9 Å². The number of allylic oxidation sites excluding steroid dienone is 2. The van der Waals surface area contributed by atoms with Crippen LogP contribution in [0.2, 0.25) is 0 Å². The standard InChI is InChI=1S/C45H51N2O4P/c1-31-26-33(3)40(34(4)27-31)42(48)52(50,43(49)41-35(5)28-32(2)29-36(41)6)45(38-16-18-39(19-17-38)47-22-24-51-25-23-47)21-13-12-20-44(45,46(7)8)30-37-14-10-9-11-15-37/h9-21,26-29H,22-25,30H2,1-8H3. The molecule has 2 aliphatic rings. The normalized spacial score (nSPS) is 20.4. The minimum absolute atomic E-state index is 0.351. The molecule has 0 bridgehead atoms. The summed E-state index contributed by atoms with van der Waals surface area (Å²) in [6.45, 7) is 14.3. The number of nitrogens with zero attached hydrogens (tertiary/aromatic N) is 2. The fourth-order valence-electron chi connectivity index (χ4n) is 8.85. The van der Waals surface area contributed by atoms with Crippen LogP contribution in [-0.4, -0.2) is 61.9 Å². The molecule has 2 unspecified atom stereocenters. The Kier molecular flexibility index (Phi) is 10.5. The molecule has 7 heteroatoms. The Morgan fingerprint density at radius 2 is 1.19 bits per heavy atom. The predicted octanol–water partition coefficient (Wildman–Crippen LogP) is 9.28. The summed E-state index contributed by atoms with van der Waals surface area (Å²) in [5, 5.41) is -1.61. The van der Waals surface area contributed by atoms with Crippen molar-refractivity contribution in [2.24, 2.45) is 0 Å². The molecule has 1 heterocycles. The van der Waals surface area contributed by atoms with Gasteiger partial charge in [0.25, 0.3) is 0 Å². The first-order valence-electron chi connectivity index (χ1n) is 18.1. The van der Waals surface area contributed by atoms with Crippen molar-refractivity contribution in [3.8, 4) is 0 Å². The minimum atomic E-state index is -4.76. The van der Waals surface area contributed by atoms with Crippen LogP contribution in [0.4, 0.5) is 5.69 Å². The van der Waals surface area contributed by atoms with Crippen molar-refractivity contribution in [1.82, 2.24) is 4.90 Å². The molecule has 4 aromatic rings. The highest BCUT2D eigenvalue weighted by atomic mass is 31.2. The van der Waals surface area contributed by atoms with E-state index in [-0.39, 0.29) is 0 Å². The van der Waals surface area contributed by atoms with Crippen LogP contribution in [0, 0.1) is 41.5 Å². The van der Waals surface area contributed by atoms with Gasteiger partial charge in [0.1, 0.15) is 5.16 Å². The minimum Gasteiger partial charge on any atom is -0.378 e. The molecule has 270 valence electrons. The Balaban J connectivity index is 1.75. The molecule has 6 nitrogen and oxygen atoms in total. The summed E-state index contributed by atoms with van der Waals surface area (Å²) in [4.78, 5) is 36.1. The van der Waals surface area contributed by atoms with Gasteiger partial charge in [-0.2, -0.15) is 0 Å². The maximum Gasteiger partial charge on any atom is 0.237 e. The Labute approximate surface area is 309 Å². The first-order chi connectivity index (χ1) is 24.8. The Morgan fingerprint density at radius 3 is 1.67 bits per heavy atom. The fourth-order valence-corrected chi connectivity index (χ4v) is 12.7. The van der Waals surface area contributed by atoms with Crippen molar-refractivity contribution in [2.45, 2.75) is 58.7 Å². The van der Waals surface area contributed by atoms with Crippen molar-refractivity contribution in [3.05, 3.63) is 159 Å². The Bertz CT molecular complexity index is 1990. The second-order valence-corrected chi connectivity index (χ2v) is 17.6. The molecule has 0 amide bonds. The van der Waals surface area contributed by atoms with Gasteiger partial charge in [-0.15, -0.1) is 0 Å². The molecule has 0 aromatic heterocycles. The van der Waals surface area contributed by atoms with Crippen molar-refractivity contribution in [3.63, 3.8) is 0 Å². The van der Waals surface area contributed by atoms with Gasteiger partial charge in [-0.05, 0) is 108 Å². The second-order valence-electron chi connectivity index (χ2n) is 14.9. The van der Waals surface area contributed by atoms with E-state index in [1.165, 1.54) is 0 Å². The monoisotopic (exact) mass is 714 g/mol. The molecule has 2 atom stereocenters. The topological polar surface area (TPSA) is 66.9 Å². The third-order valence-corrected chi connectivity index (χ3v) is 14.5. The number of ether oxygens (including phenoxy) is 1. The highest BCUT2D eigenvalue weighted by Gasteiger charge is 2.68. The summed E-state index contributed by atoms with van der Waals surface area (Å²) in [7, 11) is -0.831. The molecular formula is C45H51N2O4P. The van der Waals surface area contributed by atoms with Crippen LogP contribution in [0.1, 0.15) is 65.2 Å². The third-order valence-electron chi connectivity index (χ3n) is 11.1. The zero-order valence-electron chi connectivity index (χ0n) is 31.8. The van der Waals surface area contributed by atoms with Gasteiger partial charge in [-0.25, -0.2) is 0 Å². The van der Waals surface area contributed by atoms with Gasteiger partial charge < -0.3 is 14.2 Å². The van der Waals surface area contributed by atoms with E-state index < -0.39 is 28.9 Å². The smallest absolute Gasteiger partial charge is 0.237 e. The molecule has 1 saturated heterocycles. The van der Waals surface area contributed by atoms with Gasteiger partial charge in [0.2, 0.25) is 18.2 Å². The van der Waals surface area contributed by atoms with Gasteiger partial charge in [0, 0.05) is 29.9 Å². The van der Waals surface area contributed by atoms with Crippen molar-refractivity contribution < 1.29 is 18.9 Å². The largest absolute Gasteiger partial charge is 0.378 e. The number of benzene rings is 4. The summed E-state index contributed by atoms with van der Waals surface area (Å²) in [5.74, 6) is 0. The van der Waals surface area contributed by atoms with E-state index in [2.05, 4.69) is 28.0 Å². The number of likely N-dealkylation sites (N-methyl/N-ethyl adjacent to an activating group) is 1. The van der Waals surface area contributed by atoms with Gasteiger partial charge >= 0.3 is 0 Å². The van der Waals surface area contributed by atoms with E-state index in [1.54, 1.807) is 0 Å². The maximum absolute atomic E-state index is 17.3. The lowest BCUT2D eigenvalue weighted by Gasteiger charge is -2.55. The summed E-state index contributed by atoms with van der Waals surface area (Å²) in [5.41, 5.74) is 5.88. The van der Waals surface area contributed by atoms with E-state index in [1.807, 2.05) is 141 Å². The van der Waals surface area contributed by atoms with E-state index in [0.717, 1.165) is 35.5 Å². The fraction of sp³-hybridized carbons (Fsp3) is 0.333. The molecule has 6 rings (SSSR count). The van der Waals surface area contributed by atoms with Crippen LogP contribution in [-0.2, 0) is 20.9 Å². The SMILES string of the molecule is Cc1cc(C)c(C(=O)P(=O)(C(=O)c2c(C)cc(C)cc2C)C2(c3ccc(N4CCOCC4)cc3)C=CC=CC2(Cc2ccccc2)N(C)C)c(C)c1. The number of rotatable bonds is 10. The van der Waals surface area contributed by atoms with E-state index in [4.69, 9.17) is 4.74 Å². The average Bonchev–Trinajstić information content (AvgIpc) is 3.11. The van der Waals surface area contributed by atoms with Crippen LogP contribution in [0.25, 0.3) is 0 Å². The molecule has 52 heavy (non-hydrogen) atoms. The van der Waals surface area contributed by atoms with Crippen LogP contribution in [0.5, 0.6) is 0 Å². The number of hydrogen-bond donors (Lipinski definition) is 0. The van der Waals surface area contributed by atoms with Crippen LogP contribution < -0.4 is 4.90 Å². The quantitative estimate of drug-likeness (QED) is 0.153. The van der Waals surface area contributed by atoms with E-state index in [0.29, 0.717) is 58.6 Å². The number of aryl methyl sites for hydroxylation is 6. The van der Waals surface area contributed by atoms with Gasteiger partial charge in [-0.1, -0.05) is 102 Å². The van der Waals surface area contributed by atoms with E-state index in [9.17, 15) is 0 Å². The Morgan fingerprint density at radius 1 is 0.712 bits per heavy atom. The molecule has 0 radical (unpaired) electrons. The number of morpholine rings is 1. The van der Waals surface area contributed by atoms with Gasteiger partial charge in [0.05, 0.1) is 18.8 Å². The molecule has 1 aliphatic carbocycles. The number of hydrogen-bond acceptors (Lipinski definition) is 6. The molecule has 4 aromatic carbocycles. The highest BCUT2D eigenvalue weighted by molar-refractivity contribution is 7.96. The third kappa shape index (κ3) is 6.15. The first-order valence-corrected chi connectivity index (χ1v) is 19.8. The number of carbonyl (C=O) groups excluding carboxylic acids is 2. The van der Waals surface area contributed by atoms with Crippen molar-refractivity contribution in [1.29, 1.82) is 0 Å². The van der Waals surface area contributed by atoms with Gasteiger partial charge in [0.15, 0.2) is 0 Å². The van der Waals surface area contributed by atoms with Crippen LogP contribution >= 0.6 is 7.14 Å². The summed E-state index contributed by atoms with van der Waals surface area (Å²) < 4.78 is 23.0. The number of anilines is 1. The zero-order valence-corrected chi connectivity index (χ0v) is 32.7. The molecule has 0 N–H and O–H groups in total. The lowest BCUT2D eigenvalue weighted by atomic mass is 9.71. The van der Waals surface area contributed by atoms with Crippen LogP contribution in [0.3, 0.4) is 0 Å². The number of carbonyl (C=O) groups is 2. The van der Waals surface area contributed by atoms with Crippen LogP contribution in [0.15, 0.2) is 103 Å². The average molecular weight is 715 g/mol. The molecule has 1 aliphatic heterocycles. The molecule has 0 saturated carbocycles. The lowest BCUT2D eigenvalue weighted by molar-refractivity contribution is 0.100.